The molecule has 1 heterocycles. The summed E-state index contributed by atoms with van der Waals surface area (Å²) in [6, 6.07) is 0.778. The predicted molar refractivity (Wildman–Crippen MR) is 64.0 cm³/mol. The van der Waals surface area contributed by atoms with Crippen LogP contribution in [0.3, 0.4) is 0 Å². The van der Waals surface area contributed by atoms with Crippen molar-refractivity contribution in [3.8, 4) is 0 Å². The molecule has 3 heteroatoms. The zero-order valence-corrected chi connectivity index (χ0v) is 9.86. The van der Waals surface area contributed by atoms with E-state index < -0.39 is 0 Å². The second kappa shape index (κ2) is 4.58. The summed E-state index contributed by atoms with van der Waals surface area (Å²) in [5, 5.41) is 3.50. The SMILES string of the molecule is c1nc(CNC2CC2)cn1CC1CCCC1. The molecule has 0 aromatic carbocycles. The Balaban J connectivity index is 1.50. The summed E-state index contributed by atoms with van der Waals surface area (Å²) in [7, 11) is 0. The van der Waals surface area contributed by atoms with Gasteiger partial charge in [0.15, 0.2) is 0 Å². The summed E-state index contributed by atoms with van der Waals surface area (Å²) in [5.74, 6) is 0.901. The lowest BCUT2D eigenvalue weighted by molar-refractivity contribution is 0.457. The highest BCUT2D eigenvalue weighted by atomic mass is 15.1. The van der Waals surface area contributed by atoms with Crippen LogP contribution in [0.25, 0.3) is 0 Å². The maximum Gasteiger partial charge on any atom is 0.0950 e. The Morgan fingerprint density at radius 3 is 2.81 bits per heavy atom. The van der Waals surface area contributed by atoms with E-state index in [0.717, 1.165) is 18.5 Å². The molecule has 0 spiro atoms. The molecular formula is C13H21N3. The van der Waals surface area contributed by atoms with E-state index in [4.69, 9.17) is 0 Å². The third-order valence-electron chi connectivity index (χ3n) is 3.78. The Bertz CT molecular complexity index is 335. The fraction of sp³-hybridized carbons (Fsp3) is 0.769. The third-order valence-corrected chi connectivity index (χ3v) is 3.78. The average Bonchev–Trinajstić information content (AvgIpc) is 2.78. The van der Waals surface area contributed by atoms with Gasteiger partial charge in [-0.1, -0.05) is 12.8 Å². The van der Waals surface area contributed by atoms with Crippen LogP contribution in [0.1, 0.15) is 44.2 Å². The standard InChI is InChI=1S/C13H21N3/c1-2-4-11(3-1)8-16-9-13(15-10-16)7-14-12-5-6-12/h9-12,14H,1-8H2. The van der Waals surface area contributed by atoms with Crippen molar-refractivity contribution in [3.63, 3.8) is 0 Å². The molecule has 2 saturated carbocycles. The van der Waals surface area contributed by atoms with Crippen LogP contribution in [0.4, 0.5) is 0 Å². The normalized spacial score (nSPS) is 21.8. The van der Waals surface area contributed by atoms with E-state index in [1.54, 1.807) is 0 Å². The molecule has 0 saturated heterocycles. The van der Waals surface area contributed by atoms with Gasteiger partial charge in [-0.2, -0.15) is 0 Å². The fourth-order valence-corrected chi connectivity index (χ4v) is 2.62. The number of aromatic nitrogens is 2. The van der Waals surface area contributed by atoms with Crippen LogP contribution in [0.15, 0.2) is 12.5 Å². The van der Waals surface area contributed by atoms with Crippen molar-refractivity contribution in [3.05, 3.63) is 18.2 Å². The van der Waals surface area contributed by atoms with Gasteiger partial charge in [0.1, 0.15) is 0 Å². The Morgan fingerprint density at radius 1 is 1.25 bits per heavy atom. The lowest BCUT2D eigenvalue weighted by Gasteiger charge is -2.08. The van der Waals surface area contributed by atoms with Gasteiger partial charge in [-0.05, 0) is 31.6 Å². The molecule has 0 radical (unpaired) electrons. The first-order valence-corrected chi connectivity index (χ1v) is 6.64. The Kier molecular flexibility index (Phi) is 2.96. The van der Waals surface area contributed by atoms with Crippen LogP contribution in [0.5, 0.6) is 0 Å². The van der Waals surface area contributed by atoms with E-state index in [9.17, 15) is 0 Å². The van der Waals surface area contributed by atoms with Gasteiger partial charge in [0, 0.05) is 25.3 Å². The van der Waals surface area contributed by atoms with Gasteiger partial charge < -0.3 is 9.88 Å². The molecule has 2 aliphatic carbocycles. The molecule has 3 rings (SSSR count). The van der Waals surface area contributed by atoms with Crippen LogP contribution in [0, 0.1) is 5.92 Å². The minimum absolute atomic E-state index is 0.778. The summed E-state index contributed by atoms with van der Waals surface area (Å²) >= 11 is 0. The molecule has 2 aliphatic rings. The Hall–Kier alpha value is -0.830. The topological polar surface area (TPSA) is 29.9 Å². The highest BCUT2D eigenvalue weighted by Gasteiger charge is 2.20. The second-order valence-corrected chi connectivity index (χ2v) is 5.37. The predicted octanol–water partition coefficient (Wildman–Crippen LogP) is 2.33. The van der Waals surface area contributed by atoms with Gasteiger partial charge in [0.25, 0.3) is 0 Å². The third kappa shape index (κ3) is 2.64. The number of nitrogens with one attached hydrogen (secondary N) is 1. The van der Waals surface area contributed by atoms with Gasteiger partial charge in [-0.15, -0.1) is 0 Å². The molecule has 0 unspecified atom stereocenters. The second-order valence-electron chi connectivity index (χ2n) is 5.37. The first-order valence-electron chi connectivity index (χ1n) is 6.64. The van der Waals surface area contributed by atoms with Crippen LogP contribution in [0.2, 0.25) is 0 Å². The number of hydrogen-bond acceptors (Lipinski definition) is 2. The molecule has 2 fully saturated rings. The van der Waals surface area contributed by atoms with Crippen molar-refractivity contribution < 1.29 is 0 Å². The summed E-state index contributed by atoms with van der Waals surface area (Å²) in [6.45, 7) is 2.12. The highest BCUT2D eigenvalue weighted by molar-refractivity contribution is 4.98. The molecule has 16 heavy (non-hydrogen) atoms. The van der Waals surface area contributed by atoms with Crippen molar-refractivity contribution >= 4 is 0 Å². The van der Waals surface area contributed by atoms with Gasteiger partial charge in [0.05, 0.1) is 12.0 Å². The molecule has 88 valence electrons. The zero-order valence-electron chi connectivity index (χ0n) is 9.86. The summed E-state index contributed by atoms with van der Waals surface area (Å²) in [5.41, 5.74) is 1.20. The first-order chi connectivity index (χ1) is 7.90. The summed E-state index contributed by atoms with van der Waals surface area (Å²) in [4.78, 5) is 4.46. The van der Waals surface area contributed by atoms with Crippen LogP contribution < -0.4 is 5.32 Å². The molecule has 0 amide bonds. The van der Waals surface area contributed by atoms with E-state index in [0.29, 0.717) is 0 Å². The lowest BCUT2D eigenvalue weighted by atomic mass is 10.1. The van der Waals surface area contributed by atoms with Crippen molar-refractivity contribution in [1.29, 1.82) is 0 Å². The maximum absolute atomic E-state index is 4.46. The Morgan fingerprint density at radius 2 is 2.06 bits per heavy atom. The molecular weight excluding hydrogens is 198 g/mol. The van der Waals surface area contributed by atoms with E-state index in [-0.39, 0.29) is 0 Å². The van der Waals surface area contributed by atoms with Crippen LogP contribution in [-0.4, -0.2) is 15.6 Å². The van der Waals surface area contributed by atoms with Crippen molar-refractivity contribution in [2.24, 2.45) is 5.92 Å². The molecule has 0 bridgehead atoms. The molecule has 1 aromatic heterocycles. The largest absolute Gasteiger partial charge is 0.337 e. The average molecular weight is 219 g/mol. The van der Waals surface area contributed by atoms with E-state index >= 15 is 0 Å². The van der Waals surface area contributed by atoms with Gasteiger partial charge in [-0.25, -0.2) is 4.98 Å². The van der Waals surface area contributed by atoms with Crippen molar-refractivity contribution in [2.45, 2.75) is 57.7 Å². The summed E-state index contributed by atoms with van der Waals surface area (Å²) < 4.78 is 2.28. The molecule has 1 aromatic rings. The van der Waals surface area contributed by atoms with Crippen molar-refractivity contribution in [2.75, 3.05) is 0 Å². The number of imidazole rings is 1. The molecule has 0 atom stereocenters. The monoisotopic (exact) mass is 219 g/mol. The lowest BCUT2D eigenvalue weighted by Crippen LogP contribution is -2.15. The number of rotatable bonds is 5. The fourth-order valence-electron chi connectivity index (χ4n) is 2.62. The maximum atomic E-state index is 4.46. The van der Waals surface area contributed by atoms with E-state index in [1.807, 2.05) is 6.33 Å². The number of nitrogens with zero attached hydrogens (tertiary/aromatic N) is 2. The highest BCUT2D eigenvalue weighted by Crippen LogP contribution is 2.26. The van der Waals surface area contributed by atoms with E-state index in [2.05, 4.69) is 21.1 Å². The molecule has 0 aliphatic heterocycles. The molecule has 3 nitrogen and oxygen atoms in total. The zero-order chi connectivity index (χ0) is 10.8. The smallest absolute Gasteiger partial charge is 0.0950 e. The van der Waals surface area contributed by atoms with Gasteiger partial charge >= 0.3 is 0 Å². The van der Waals surface area contributed by atoms with Gasteiger partial charge in [-0.3, -0.25) is 0 Å². The summed E-state index contributed by atoms with van der Waals surface area (Å²) in [6.07, 6.45) is 12.6. The first kappa shape index (κ1) is 10.3. The van der Waals surface area contributed by atoms with Crippen molar-refractivity contribution in [1.82, 2.24) is 14.9 Å². The minimum Gasteiger partial charge on any atom is -0.337 e. The number of hydrogen-bond donors (Lipinski definition) is 1. The van der Waals surface area contributed by atoms with E-state index in [1.165, 1.54) is 50.8 Å². The quantitative estimate of drug-likeness (QED) is 0.823. The van der Waals surface area contributed by atoms with Crippen LogP contribution >= 0.6 is 0 Å². The minimum atomic E-state index is 0.778. The van der Waals surface area contributed by atoms with Crippen LogP contribution in [-0.2, 0) is 13.1 Å². The molecule has 1 N–H and O–H groups in total. The van der Waals surface area contributed by atoms with Gasteiger partial charge in [0.2, 0.25) is 0 Å². The Labute approximate surface area is 97.3 Å².